The summed E-state index contributed by atoms with van der Waals surface area (Å²) in [6.45, 7) is 5.82. The van der Waals surface area contributed by atoms with E-state index in [1.54, 1.807) is 30.5 Å². The molecule has 44 heavy (non-hydrogen) atoms. The van der Waals surface area contributed by atoms with Gasteiger partial charge in [-0.2, -0.15) is 4.98 Å². The predicted molar refractivity (Wildman–Crippen MR) is 176 cm³/mol. The van der Waals surface area contributed by atoms with Gasteiger partial charge in [0.05, 0.1) is 16.4 Å². The van der Waals surface area contributed by atoms with Crippen LogP contribution in [0.1, 0.15) is 62.6 Å². The third-order valence-corrected chi connectivity index (χ3v) is 8.51. The quantitative estimate of drug-likeness (QED) is 0.0747. The first-order valence-electron chi connectivity index (χ1n) is 15.1. The van der Waals surface area contributed by atoms with Gasteiger partial charge in [0.1, 0.15) is 5.65 Å². The van der Waals surface area contributed by atoms with Gasteiger partial charge in [-0.05, 0) is 86.9 Å². The molecular formula is C33H40ClFN8O. The lowest BCUT2D eigenvalue weighted by atomic mass is 9.90. The fourth-order valence-electron chi connectivity index (χ4n) is 5.99. The molecule has 1 aliphatic rings. The minimum atomic E-state index is -0.520. The van der Waals surface area contributed by atoms with E-state index in [2.05, 4.69) is 27.2 Å². The SMILES string of the molecule is C=C[C@H](C[C@@H]1CCC[C@@H](c2ccc(-n3cc4cc(-c5cc(CCC[C@H](C)N)cc(Cl)c5F)[nH]c4nc3=O)cc2)N1)NC(=N)N. The van der Waals surface area contributed by atoms with Gasteiger partial charge < -0.3 is 27.1 Å². The molecular weight excluding hydrogens is 579 g/mol. The molecule has 11 heteroatoms. The lowest BCUT2D eigenvalue weighted by Gasteiger charge is -2.33. The van der Waals surface area contributed by atoms with E-state index in [-0.39, 0.29) is 35.1 Å². The maximum Gasteiger partial charge on any atom is 0.354 e. The highest BCUT2D eigenvalue weighted by Crippen LogP contribution is 2.32. The second-order valence-corrected chi connectivity index (χ2v) is 12.2. The molecule has 232 valence electrons. The molecule has 0 bridgehead atoms. The van der Waals surface area contributed by atoms with Crippen molar-refractivity contribution in [1.82, 2.24) is 25.2 Å². The Labute approximate surface area is 261 Å². The van der Waals surface area contributed by atoms with Crippen molar-refractivity contribution < 1.29 is 4.39 Å². The second-order valence-electron chi connectivity index (χ2n) is 11.8. The molecule has 1 saturated heterocycles. The Balaban J connectivity index is 1.34. The van der Waals surface area contributed by atoms with E-state index < -0.39 is 11.5 Å². The van der Waals surface area contributed by atoms with Crippen molar-refractivity contribution in [2.45, 2.75) is 76.0 Å². The standard InChI is InChI=1S/C33H40ClFN8O/c1-3-23(40-32(37)38)17-24-8-5-9-28(39-24)21-10-12-25(13-11-21)43-18-22-16-29(41-31(22)42-33(43)44)26-14-20(7-4-6-19(2)36)15-27(34)30(26)35/h3,10-16,18-19,23-24,28,39H,1,4-9,17,36H2,2H3,(H4,37,38,40)(H,41,42,44)/t19-,23+,24-,28-/m0/s1. The molecule has 2 aromatic heterocycles. The van der Waals surface area contributed by atoms with Crippen molar-refractivity contribution in [2.75, 3.05) is 0 Å². The largest absolute Gasteiger partial charge is 0.370 e. The van der Waals surface area contributed by atoms with Gasteiger partial charge in [-0.25, -0.2) is 9.18 Å². The number of piperidine rings is 1. The number of H-pyrrole nitrogens is 1. The monoisotopic (exact) mass is 618 g/mol. The number of aromatic amines is 1. The first-order valence-corrected chi connectivity index (χ1v) is 15.4. The van der Waals surface area contributed by atoms with Crippen molar-refractivity contribution in [1.29, 1.82) is 5.41 Å². The Morgan fingerprint density at radius 3 is 2.77 bits per heavy atom. The Bertz CT molecular complexity index is 1700. The smallest absolute Gasteiger partial charge is 0.354 e. The van der Waals surface area contributed by atoms with E-state index in [1.807, 2.05) is 31.2 Å². The molecule has 0 saturated carbocycles. The molecule has 0 aliphatic carbocycles. The Morgan fingerprint density at radius 2 is 2.07 bits per heavy atom. The summed E-state index contributed by atoms with van der Waals surface area (Å²) < 4.78 is 16.6. The topological polar surface area (TPSA) is 151 Å². The number of aromatic nitrogens is 3. The summed E-state index contributed by atoms with van der Waals surface area (Å²) in [4.78, 5) is 20.4. The zero-order valence-electron chi connectivity index (χ0n) is 24.9. The van der Waals surface area contributed by atoms with E-state index in [9.17, 15) is 4.79 Å². The third kappa shape index (κ3) is 7.38. The first-order chi connectivity index (χ1) is 21.1. The van der Waals surface area contributed by atoms with E-state index in [0.717, 1.165) is 56.1 Å². The van der Waals surface area contributed by atoms with Crippen molar-refractivity contribution >= 4 is 28.6 Å². The summed E-state index contributed by atoms with van der Waals surface area (Å²) in [5, 5.41) is 14.9. The summed E-state index contributed by atoms with van der Waals surface area (Å²) in [6.07, 6.45) is 9.87. The van der Waals surface area contributed by atoms with Crippen LogP contribution in [0.3, 0.4) is 0 Å². The molecule has 0 radical (unpaired) electrons. The van der Waals surface area contributed by atoms with Crippen LogP contribution in [0.4, 0.5) is 4.39 Å². The normalized spacial score (nSPS) is 18.2. The second kappa shape index (κ2) is 13.8. The Hall–Kier alpha value is -3.99. The first kappa shape index (κ1) is 31.4. The van der Waals surface area contributed by atoms with Gasteiger partial charge in [0.2, 0.25) is 0 Å². The number of hydrogen-bond donors (Lipinski definition) is 6. The number of nitrogens with two attached hydrogens (primary N) is 2. The van der Waals surface area contributed by atoms with Crippen molar-refractivity contribution in [3.8, 4) is 16.9 Å². The predicted octanol–water partition coefficient (Wildman–Crippen LogP) is 5.45. The number of fused-ring (bicyclic) bond motifs is 1. The van der Waals surface area contributed by atoms with Crippen LogP contribution in [-0.2, 0) is 6.42 Å². The number of nitrogens with zero attached hydrogens (tertiary/aromatic N) is 2. The lowest BCUT2D eigenvalue weighted by molar-refractivity contribution is 0.302. The van der Waals surface area contributed by atoms with E-state index >= 15 is 4.39 Å². The highest BCUT2D eigenvalue weighted by molar-refractivity contribution is 6.31. The van der Waals surface area contributed by atoms with Gasteiger partial charge in [-0.15, -0.1) is 6.58 Å². The van der Waals surface area contributed by atoms with Gasteiger partial charge >= 0.3 is 5.69 Å². The van der Waals surface area contributed by atoms with E-state index in [0.29, 0.717) is 28.0 Å². The molecule has 0 amide bonds. The van der Waals surface area contributed by atoms with Crippen LogP contribution in [0, 0.1) is 11.2 Å². The van der Waals surface area contributed by atoms with Gasteiger partial charge in [-0.3, -0.25) is 9.98 Å². The van der Waals surface area contributed by atoms with Crippen LogP contribution < -0.4 is 27.8 Å². The van der Waals surface area contributed by atoms with Crippen molar-refractivity contribution in [2.24, 2.45) is 11.5 Å². The zero-order chi connectivity index (χ0) is 31.4. The van der Waals surface area contributed by atoms with E-state index in [4.69, 9.17) is 28.5 Å². The van der Waals surface area contributed by atoms with Crippen LogP contribution in [-0.4, -0.2) is 38.6 Å². The number of rotatable bonds is 11. The molecule has 2 aromatic carbocycles. The van der Waals surface area contributed by atoms with Crippen LogP contribution in [0.25, 0.3) is 28.0 Å². The van der Waals surface area contributed by atoms with Crippen molar-refractivity contribution in [3.63, 3.8) is 0 Å². The molecule has 8 N–H and O–H groups in total. The fourth-order valence-corrected chi connectivity index (χ4v) is 6.24. The number of hydrogen-bond acceptors (Lipinski definition) is 5. The number of aryl methyl sites for hydroxylation is 1. The van der Waals surface area contributed by atoms with Gasteiger partial charge in [0, 0.05) is 41.3 Å². The fraction of sp³-hybridized carbons (Fsp3) is 0.364. The van der Waals surface area contributed by atoms with Crippen LogP contribution in [0.2, 0.25) is 5.02 Å². The van der Waals surface area contributed by atoms with Crippen LogP contribution in [0.15, 0.2) is 66.1 Å². The summed E-state index contributed by atoms with van der Waals surface area (Å²) in [6, 6.07) is 13.6. The molecule has 0 spiro atoms. The molecule has 9 nitrogen and oxygen atoms in total. The Kier molecular flexibility index (Phi) is 9.83. The number of nitrogens with one attached hydrogen (secondary N) is 4. The van der Waals surface area contributed by atoms with Gasteiger partial charge in [-0.1, -0.05) is 36.2 Å². The third-order valence-electron chi connectivity index (χ3n) is 8.23. The highest BCUT2D eigenvalue weighted by atomic mass is 35.5. The average Bonchev–Trinajstić information content (AvgIpc) is 3.40. The van der Waals surface area contributed by atoms with E-state index in [1.165, 1.54) is 4.57 Å². The Morgan fingerprint density at radius 1 is 1.30 bits per heavy atom. The van der Waals surface area contributed by atoms with Gasteiger partial charge in [0.25, 0.3) is 0 Å². The molecule has 0 unspecified atom stereocenters. The molecule has 3 heterocycles. The molecule has 1 fully saturated rings. The minimum Gasteiger partial charge on any atom is -0.370 e. The van der Waals surface area contributed by atoms with Crippen LogP contribution >= 0.6 is 11.6 Å². The summed E-state index contributed by atoms with van der Waals surface area (Å²) in [5.41, 5.74) is 14.9. The molecule has 4 aromatic rings. The molecule has 5 rings (SSSR count). The van der Waals surface area contributed by atoms with Crippen LogP contribution in [0.5, 0.6) is 0 Å². The summed E-state index contributed by atoms with van der Waals surface area (Å²) in [5.74, 6) is -0.583. The highest BCUT2D eigenvalue weighted by Gasteiger charge is 2.24. The molecule has 4 atom stereocenters. The minimum absolute atomic E-state index is 0.0524. The van der Waals surface area contributed by atoms with Gasteiger partial charge in [0.15, 0.2) is 11.8 Å². The maximum absolute atomic E-state index is 15.1. The zero-order valence-corrected chi connectivity index (χ0v) is 25.6. The number of guanidine groups is 1. The molecule has 1 aliphatic heterocycles. The van der Waals surface area contributed by atoms with Crippen molar-refractivity contribution in [3.05, 3.63) is 93.8 Å². The maximum atomic E-state index is 15.1. The number of halogens is 2. The number of benzene rings is 2. The average molecular weight is 619 g/mol. The lowest BCUT2D eigenvalue weighted by Crippen LogP contribution is -2.44. The summed E-state index contributed by atoms with van der Waals surface area (Å²) in [7, 11) is 0. The summed E-state index contributed by atoms with van der Waals surface area (Å²) >= 11 is 6.26.